The van der Waals surface area contributed by atoms with Crippen LogP contribution in [0, 0.1) is 17.0 Å². The number of benzene rings is 2. The molecule has 0 aliphatic carbocycles. The highest BCUT2D eigenvalue weighted by Crippen LogP contribution is 2.26. The van der Waals surface area contributed by atoms with E-state index in [2.05, 4.69) is 4.90 Å². The zero-order valence-corrected chi connectivity index (χ0v) is 19.3. The fraction of sp³-hybridized carbons (Fsp3) is 0.348. The van der Waals surface area contributed by atoms with Gasteiger partial charge in [-0.2, -0.15) is 4.31 Å². The number of non-ortho nitro benzene ring substituents is 1. The maximum absolute atomic E-state index is 13.2. The van der Waals surface area contributed by atoms with Crippen LogP contribution in [-0.2, 0) is 23.0 Å². The Balaban J connectivity index is 1.51. The maximum Gasteiger partial charge on any atom is 0.336 e. The molecule has 33 heavy (non-hydrogen) atoms. The minimum atomic E-state index is -3.86. The van der Waals surface area contributed by atoms with Crippen molar-refractivity contribution in [3.8, 4) is 0 Å². The topological polar surface area (TPSA) is 114 Å². The van der Waals surface area contributed by atoms with Crippen molar-refractivity contribution < 1.29 is 17.8 Å². The summed E-state index contributed by atoms with van der Waals surface area (Å²) in [6.07, 6.45) is 0.838. The number of hydrogen-bond donors (Lipinski definition) is 0. The summed E-state index contributed by atoms with van der Waals surface area (Å²) in [5.74, 6) is 0. The molecule has 0 radical (unpaired) electrons. The molecule has 0 N–H and O–H groups in total. The molecule has 0 atom stereocenters. The Morgan fingerprint density at radius 2 is 1.79 bits per heavy atom. The average Bonchev–Trinajstić information content (AvgIpc) is 2.78. The number of nitro benzene ring substituents is 1. The van der Waals surface area contributed by atoms with E-state index in [9.17, 15) is 23.3 Å². The van der Waals surface area contributed by atoms with Crippen LogP contribution >= 0.6 is 0 Å². The molecule has 0 unspecified atom stereocenters. The summed E-state index contributed by atoms with van der Waals surface area (Å²) in [5.41, 5.74) is 2.29. The lowest BCUT2D eigenvalue weighted by molar-refractivity contribution is -0.385. The highest BCUT2D eigenvalue weighted by molar-refractivity contribution is 7.89. The fourth-order valence-corrected chi connectivity index (χ4v) is 5.78. The molecular weight excluding hydrogens is 446 g/mol. The van der Waals surface area contributed by atoms with Gasteiger partial charge in [-0.15, -0.1) is 0 Å². The van der Waals surface area contributed by atoms with Gasteiger partial charge in [0.05, 0.1) is 9.82 Å². The molecule has 1 aliphatic rings. The Morgan fingerprint density at radius 1 is 1.06 bits per heavy atom. The van der Waals surface area contributed by atoms with Gasteiger partial charge < -0.3 is 4.42 Å². The van der Waals surface area contributed by atoms with Gasteiger partial charge in [0, 0.05) is 56.3 Å². The SMILES string of the molecule is CCc1ccc2c(CN3CCN(S(=O)(=O)c4cc([N+](=O)[O-])ccc4C)CC3)cc(=O)oc2c1. The van der Waals surface area contributed by atoms with Gasteiger partial charge >= 0.3 is 5.63 Å². The third kappa shape index (κ3) is 4.68. The summed E-state index contributed by atoms with van der Waals surface area (Å²) in [6, 6.07) is 11.2. The average molecular weight is 472 g/mol. The molecule has 1 aromatic heterocycles. The number of nitrogens with zero attached hydrogens (tertiary/aromatic N) is 3. The quantitative estimate of drug-likeness (QED) is 0.308. The van der Waals surface area contributed by atoms with Crippen molar-refractivity contribution >= 4 is 26.7 Å². The monoisotopic (exact) mass is 471 g/mol. The Labute approximate surface area is 191 Å². The predicted octanol–water partition coefficient (Wildman–Crippen LogP) is 3.08. The van der Waals surface area contributed by atoms with Crippen molar-refractivity contribution in [1.29, 1.82) is 0 Å². The van der Waals surface area contributed by atoms with Crippen molar-refractivity contribution in [3.63, 3.8) is 0 Å². The smallest absolute Gasteiger partial charge is 0.336 e. The van der Waals surface area contributed by atoms with Gasteiger partial charge in [0.25, 0.3) is 5.69 Å². The predicted molar refractivity (Wildman–Crippen MR) is 124 cm³/mol. The molecule has 0 saturated carbocycles. The normalized spacial score (nSPS) is 15.7. The number of aryl methyl sites for hydroxylation is 2. The van der Waals surface area contributed by atoms with E-state index in [-0.39, 0.29) is 23.7 Å². The van der Waals surface area contributed by atoms with Crippen molar-refractivity contribution in [2.24, 2.45) is 0 Å². The van der Waals surface area contributed by atoms with Crippen LogP contribution in [0.5, 0.6) is 0 Å². The molecule has 1 saturated heterocycles. The summed E-state index contributed by atoms with van der Waals surface area (Å²) >= 11 is 0. The molecule has 0 amide bonds. The molecule has 4 rings (SSSR count). The van der Waals surface area contributed by atoms with Gasteiger partial charge in [-0.1, -0.05) is 25.1 Å². The lowest BCUT2D eigenvalue weighted by atomic mass is 10.1. The first-order valence-corrected chi connectivity index (χ1v) is 12.2. The van der Waals surface area contributed by atoms with Crippen molar-refractivity contribution in [1.82, 2.24) is 9.21 Å². The first-order chi connectivity index (χ1) is 15.7. The fourth-order valence-electron chi connectivity index (χ4n) is 4.11. The Bertz CT molecular complexity index is 1370. The minimum Gasteiger partial charge on any atom is -0.423 e. The van der Waals surface area contributed by atoms with Crippen LogP contribution in [0.3, 0.4) is 0 Å². The molecule has 0 bridgehead atoms. The molecule has 3 aromatic rings. The second kappa shape index (κ2) is 9.05. The number of piperazine rings is 1. The maximum atomic E-state index is 13.2. The molecule has 0 spiro atoms. The summed E-state index contributed by atoms with van der Waals surface area (Å²) in [4.78, 5) is 24.6. The van der Waals surface area contributed by atoms with Crippen LogP contribution < -0.4 is 5.63 Å². The number of rotatable bonds is 6. The molecule has 1 aliphatic heterocycles. The van der Waals surface area contributed by atoms with Crippen molar-refractivity contribution in [2.75, 3.05) is 26.2 Å². The summed E-state index contributed by atoms with van der Waals surface area (Å²) in [7, 11) is -3.86. The van der Waals surface area contributed by atoms with E-state index in [1.807, 2.05) is 25.1 Å². The lowest BCUT2D eigenvalue weighted by Crippen LogP contribution is -2.48. The molecule has 9 nitrogen and oxygen atoms in total. The van der Waals surface area contributed by atoms with Crippen molar-refractivity contribution in [2.45, 2.75) is 31.7 Å². The number of nitro groups is 1. The zero-order valence-electron chi connectivity index (χ0n) is 18.5. The highest BCUT2D eigenvalue weighted by atomic mass is 32.2. The zero-order chi connectivity index (χ0) is 23.8. The van der Waals surface area contributed by atoms with E-state index in [1.165, 1.54) is 22.5 Å². The molecule has 2 aromatic carbocycles. The van der Waals surface area contributed by atoms with Crippen LogP contribution in [0.4, 0.5) is 5.69 Å². The molecular formula is C23H25N3O6S. The Morgan fingerprint density at radius 3 is 2.45 bits per heavy atom. The van der Waals surface area contributed by atoms with E-state index in [0.29, 0.717) is 30.8 Å². The van der Waals surface area contributed by atoms with Crippen molar-refractivity contribution in [3.05, 3.63) is 79.7 Å². The van der Waals surface area contributed by atoms with Crippen LogP contribution in [0.25, 0.3) is 11.0 Å². The van der Waals surface area contributed by atoms with E-state index in [1.54, 1.807) is 6.92 Å². The molecule has 2 heterocycles. The van der Waals surface area contributed by atoms with Crippen LogP contribution in [0.1, 0.15) is 23.6 Å². The summed E-state index contributed by atoms with van der Waals surface area (Å²) in [5, 5.41) is 12.0. The third-order valence-corrected chi connectivity index (χ3v) is 8.07. The highest BCUT2D eigenvalue weighted by Gasteiger charge is 2.31. The Hall–Kier alpha value is -3.08. The largest absolute Gasteiger partial charge is 0.423 e. The minimum absolute atomic E-state index is 0.0384. The van der Waals surface area contributed by atoms with Crippen LogP contribution in [-0.4, -0.2) is 48.7 Å². The van der Waals surface area contributed by atoms with E-state index < -0.39 is 20.6 Å². The van der Waals surface area contributed by atoms with Gasteiger partial charge in [-0.3, -0.25) is 15.0 Å². The number of hydrogen-bond acceptors (Lipinski definition) is 7. The van der Waals surface area contributed by atoms with E-state index >= 15 is 0 Å². The van der Waals surface area contributed by atoms with E-state index in [0.717, 1.165) is 29.0 Å². The molecule has 10 heteroatoms. The second-order valence-corrected chi connectivity index (χ2v) is 10.1. The van der Waals surface area contributed by atoms with Crippen LogP contribution in [0.2, 0.25) is 0 Å². The first kappa shape index (κ1) is 23.1. The first-order valence-electron chi connectivity index (χ1n) is 10.7. The number of sulfonamides is 1. The van der Waals surface area contributed by atoms with Gasteiger partial charge in [-0.25, -0.2) is 13.2 Å². The lowest BCUT2D eigenvalue weighted by Gasteiger charge is -2.34. The summed E-state index contributed by atoms with van der Waals surface area (Å²) < 4.78 is 33.1. The van der Waals surface area contributed by atoms with Gasteiger partial charge in [0.2, 0.25) is 10.0 Å². The van der Waals surface area contributed by atoms with Crippen LogP contribution in [0.15, 0.2) is 56.6 Å². The molecule has 1 fully saturated rings. The van der Waals surface area contributed by atoms with Gasteiger partial charge in [0.15, 0.2) is 0 Å². The Kier molecular flexibility index (Phi) is 6.33. The molecule has 174 valence electrons. The number of fused-ring (bicyclic) bond motifs is 1. The summed E-state index contributed by atoms with van der Waals surface area (Å²) in [6.45, 7) is 5.61. The van der Waals surface area contributed by atoms with E-state index in [4.69, 9.17) is 4.42 Å². The third-order valence-electron chi connectivity index (χ3n) is 6.03. The standard InChI is InChI=1S/C23H25N3O6S/c1-3-17-5-7-20-18(13-23(27)32-21(20)12-17)15-24-8-10-25(11-9-24)33(30,31)22-14-19(26(28)29)6-4-16(22)2/h4-7,12-14H,3,8-11,15H2,1-2H3. The van der Waals surface area contributed by atoms with Gasteiger partial charge in [-0.05, 0) is 36.1 Å². The van der Waals surface area contributed by atoms with Gasteiger partial charge in [0.1, 0.15) is 5.58 Å². The second-order valence-electron chi connectivity index (χ2n) is 8.16.